The summed E-state index contributed by atoms with van der Waals surface area (Å²) in [6, 6.07) is 14.0. The second-order valence-electron chi connectivity index (χ2n) is 8.74. The van der Waals surface area contributed by atoms with E-state index in [-0.39, 0.29) is 22.6 Å². The number of piperidine rings is 1. The highest BCUT2D eigenvalue weighted by atomic mass is 19.4. The zero-order valence-electron chi connectivity index (χ0n) is 19.5. The number of amides is 1. The number of esters is 1. The molecular formula is C27H23F5N2O3. The predicted octanol–water partition coefficient (Wildman–Crippen LogP) is 5.58. The van der Waals surface area contributed by atoms with Crippen molar-refractivity contribution in [1.82, 2.24) is 4.90 Å². The molecule has 1 aliphatic heterocycles. The fourth-order valence-electron chi connectivity index (χ4n) is 4.40. The summed E-state index contributed by atoms with van der Waals surface area (Å²) in [6.07, 6.45) is -4.08. The molecule has 0 unspecified atom stereocenters. The van der Waals surface area contributed by atoms with E-state index < -0.39 is 35.4 Å². The van der Waals surface area contributed by atoms with Crippen molar-refractivity contribution < 1.29 is 36.3 Å². The molecule has 0 spiro atoms. The molecule has 0 bridgehead atoms. The van der Waals surface area contributed by atoms with Crippen LogP contribution < -0.4 is 10.5 Å². The minimum atomic E-state index is -5.28. The zero-order valence-corrected chi connectivity index (χ0v) is 19.5. The van der Waals surface area contributed by atoms with Crippen LogP contribution in [0.1, 0.15) is 40.2 Å². The molecule has 2 N–H and O–H groups in total. The first kappa shape index (κ1) is 26.3. The number of nitrogens with zero attached hydrogens (tertiary/aromatic N) is 1. The second kappa shape index (κ2) is 10.7. The number of halogens is 5. The van der Waals surface area contributed by atoms with E-state index in [4.69, 9.17) is 5.73 Å². The molecule has 4 rings (SSSR count). The standard InChI is InChI=1S/C27H23F5N2O3/c28-20-5-6-21(23(29)14-20)19-4-7-24(37-26(36)27(30,31)32)22(13-19)25(35)34-10-8-17(9-11-34)18-3-1-2-16(12-18)15-33/h1-7,12-14,17H,8-11,15,33H2. The van der Waals surface area contributed by atoms with Gasteiger partial charge in [0, 0.05) is 31.3 Å². The molecule has 0 aromatic heterocycles. The molecule has 0 atom stereocenters. The molecular weight excluding hydrogens is 495 g/mol. The minimum Gasteiger partial charge on any atom is -0.419 e. The summed E-state index contributed by atoms with van der Waals surface area (Å²) in [5.74, 6) is -5.31. The van der Waals surface area contributed by atoms with Crippen molar-refractivity contribution in [3.8, 4) is 16.9 Å². The molecule has 5 nitrogen and oxygen atoms in total. The van der Waals surface area contributed by atoms with Crippen LogP contribution in [-0.2, 0) is 11.3 Å². The molecule has 1 aliphatic rings. The fraction of sp³-hybridized carbons (Fsp3) is 0.259. The molecule has 1 saturated heterocycles. The van der Waals surface area contributed by atoms with Gasteiger partial charge in [0.15, 0.2) is 0 Å². The molecule has 37 heavy (non-hydrogen) atoms. The largest absolute Gasteiger partial charge is 0.491 e. The van der Waals surface area contributed by atoms with Crippen molar-refractivity contribution in [2.45, 2.75) is 31.5 Å². The van der Waals surface area contributed by atoms with Gasteiger partial charge >= 0.3 is 12.1 Å². The summed E-state index contributed by atoms with van der Waals surface area (Å²) in [6.45, 7) is 1.01. The van der Waals surface area contributed by atoms with Crippen LogP contribution in [0.3, 0.4) is 0 Å². The Balaban J connectivity index is 1.61. The summed E-state index contributed by atoms with van der Waals surface area (Å²) >= 11 is 0. The van der Waals surface area contributed by atoms with Crippen molar-refractivity contribution in [3.63, 3.8) is 0 Å². The van der Waals surface area contributed by atoms with E-state index in [1.54, 1.807) is 0 Å². The first-order valence-corrected chi connectivity index (χ1v) is 11.5. The lowest BCUT2D eigenvalue weighted by molar-refractivity contribution is -0.189. The lowest BCUT2D eigenvalue weighted by atomic mass is 9.88. The van der Waals surface area contributed by atoms with Crippen molar-refractivity contribution >= 4 is 11.9 Å². The number of nitrogens with two attached hydrogens (primary N) is 1. The van der Waals surface area contributed by atoms with Gasteiger partial charge in [-0.3, -0.25) is 4.79 Å². The Morgan fingerprint density at radius 3 is 2.35 bits per heavy atom. The average Bonchev–Trinajstić information content (AvgIpc) is 2.88. The zero-order chi connectivity index (χ0) is 26.7. The van der Waals surface area contributed by atoms with E-state index in [0.717, 1.165) is 35.4 Å². The molecule has 0 aliphatic carbocycles. The van der Waals surface area contributed by atoms with Gasteiger partial charge < -0.3 is 15.4 Å². The Morgan fingerprint density at radius 2 is 1.70 bits per heavy atom. The van der Waals surface area contributed by atoms with Crippen molar-refractivity contribution in [2.24, 2.45) is 5.73 Å². The van der Waals surface area contributed by atoms with Gasteiger partial charge in [-0.25, -0.2) is 13.6 Å². The first-order chi connectivity index (χ1) is 17.6. The Bertz CT molecular complexity index is 1320. The highest BCUT2D eigenvalue weighted by Gasteiger charge is 2.42. The number of carbonyl (C=O) groups excluding carboxylic acids is 2. The Hall–Kier alpha value is -3.79. The Morgan fingerprint density at radius 1 is 0.973 bits per heavy atom. The summed E-state index contributed by atoms with van der Waals surface area (Å²) < 4.78 is 70.8. The number of hydrogen-bond acceptors (Lipinski definition) is 4. The van der Waals surface area contributed by atoms with E-state index in [0.29, 0.717) is 38.5 Å². The monoisotopic (exact) mass is 518 g/mol. The molecule has 1 heterocycles. The van der Waals surface area contributed by atoms with Gasteiger partial charge in [0.25, 0.3) is 5.91 Å². The maximum absolute atomic E-state index is 14.4. The van der Waals surface area contributed by atoms with Crippen LogP contribution in [0.25, 0.3) is 11.1 Å². The van der Waals surface area contributed by atoms with Crippen LogP contribution in [0.15, 0.2) is 60.7 Å². The van der Waals surface area contributed by atoms with Gasteiger partial charge in [0.2, 0.25) is 0 Å². The Labute approximate surface area is 209 Å². The molecule has 0 radical (unpaired) electrons. The third-order valence-corrected chi connectivity index (χ3v) is 6.33. The van der Waals surface area contributed by atoms with Gasteiger partial charge in [-0.1, -0.05) is 30.3 Å². The highest BCUT2D eigenvalue weighted by Crippen LogP contribution is 2.34. The quantitative estimate of drug-likeness (QED) is 0.272. The van der Waals surface area contributed by atoms with Crippen LogP contribution in [0.2, 0.25) is 0 Å². The van der Waals surface area contributed by atoms with Gasteiger partial charge in [-0.2, -0.15) is 13.2 Å². The molecule has 1 amide bonds. The number of alkyl halides is 3. The first-order valence-electron chi connectivity index (χ1n) is 11.5. The lowest BCUT2D eigenvalue weighted by Gasteiger charge is -2.33. The van der Waals surface area contributed by atoms with Crippen LogP contribution >= 0.6 is 0 Å². The molecule has 3 aromatic carbocycles. The van der Waals surface area contributed by atoms with E-state index in [9.17, 15) is 31.5 Å². The SMILES string of the molecule is NCc1cccc(C2CCN(C(=O)c3cc(-c4ccc(F)cc4F)ccc3OC(=O)C(F)(F)F)CC2)c1. The summed E-state index contributed by atoms with van der Waals surface area (Å²) in [4.78, 5) is 26.4. The van der Waals surface area contributed by atoms with E-state index in [1.165, 1.54) is 11.0 Å². The smallest absolute Gasteiger partial charge is 0.419 e. The molecule has 1 fully saturated rings. The Kier molecular flexibility index (Phi) is 7.58. The number of benzene rings is 3. The maximum atomic E-state index is 14.4. The fourth-order valence-corrected chi connectivity index (χ4v) is 4.40. The topological polar surface area (TPSA) is 72.6 Å². The number of carbonyl (C=O) groups is 2. The molecule has 194 valence electrons. The maximum Gasteiger partial charge on any atom is 0.491 e. The van der Waals surface area contributed by atoms with Crippen LogP contribution in [-0.4, -0.2) is 36.0 Å². The van der Waals surface area contributed by atoms with E-state index in [2.05, 4.69) is 4.74 Å². The molecule has 10 heteroatoms. The summed E-state index contributed by atoms with van der Waals surface area (Å²) in [5, 5.41) is 0. The van der Waals surface area contributed by atoms with Crippen LogP contribution in [0.5, 0.6) is 5.75 Å². The van der Waals surface area contributed by atoms with Crippen molar-refractivity contribution in [2.75, 3.05) is 13.1 Å². The summed E-state index contributed by atoms with van der Waals surface area (Å²) in [5.41, 5.74) is 7.50. The van der Waals surface area contributed by atoms with E-state index >= 15 is 0 Å². The predicted molar refractivity (Wildman–Crippen MR) is 126 cm³/mol. The van der Waals surface area contributed by atoms with Gasteiger partial charge in [0.1, 0.15) is 17.4 Å². The highest BCUT2D eigenvalue weighted by molar-refractivity contribution is 5.99. The van der Waals surface area contributed by atoms with Gasteiger partial charge in [-0.15, -0.1) is 0 Å². The van der Waals surface area contributed by atoms with Crippen molar-refractivity contribution in [3.05, 3.63) is 89.0 Å². The van der Waals surface area contributed by atoms with Crippen LogP contribution in [0.4, 0.5) is 22.0 Å². The minimum absolute atomic E-state index is 0.0670. The third kappa shape index (κ3) is 5.96. The number of hydrogen-bond donors (Lipinski definition) is 1. The van der Waals surface area contributed by atoms with Crippen molar-refractivity contribution in [1.29, 1.82) is 0 Å². The van der Waals surface area contributed by atoms with Gasteiger partial charge in [0.05, 0.1) is 5.56 Å². The molecule has 0 saturated carbocycles. The van der Waals surface area contributed by atoms with E-state index in [1.807, 2.05) is 24.3 Å². The lowest BCUT2D eigenvalue weighted by Crippen LogP contribution is -2.38. The number of rotatable bonds is 5. The second-order valence-corrected chi connectivity index (χ2v) is 8.74. The number of likely N-dealkylation sites (tertiary alicyclic amines) is 1. The third-order valence-electron chi connectivity index (χ3n) is 6.33. The van der Waals surface area contributed by atoms with Crippen LogP contribution in [0, 0.1) is 11.6 Å². The summed E-state index contributed by atoms with van der Waals surface area (Å²) in [7, 11) is 0. The van der Waals surface area contributed by atoms with Gasteiger partial charge in [-0.05, 0) is 59.7 Å². The average molecular weight is 518 g/mol. The molecule has 3 aromatic rings. The number of ether oxygens (including phenoxy) is 1. The normalized spacial score (nSPS) is 14.5.